The number of thioether (sulfide) groups is 1. The average Bonchev–Trinajstić information content (AvgIpc) is 3.04. The minimum Gasteiger partial charge on any atom is -0.345 e. The minimum absolute atomic E-state index is 0.0372. The number of nitrogens with one attached hydrogen (secondary N) is 1. The summed E-state index contributed by atoms with van der Waals surface area (Å²) in [5, 5.41) is 5.84. The van der Waals surface area contributed by atoms with E-state index in [0.29, 0.717) is 18.8 Å². The maximum atomic E-state index is 12.6. The van der Waals surface area contributed by atoms with Crippen LogP contribution in [-0.2, 0) is 9.59 Å². The molecule has 2 aliphatic heterocycles. The Balaban J connectivity index is 1.55. The van der Waals surface area contributed by atoms with Crippen molar-refractivity contribution in [2.75, 3.05) is 36.8 Å². The van der Waals surface area contributed by atoms with Gasteiger partial charge >= 0.3 is 0 Å². The number of amides is 2. The smallest absolute Gasteiger partial charge is 0.246 e. The number of aromatic nitrogens is 1. The highest BCUT2D eigenvalue weighted by Crippen LogP contribution is 2.29. The van der Waals surface area contributed by atoms with Crippen LogP contribution in [0.2, 0.25) is 0 Å². The molecule has 2 aliphatic rings. The molecule has 22 heavy (non-hydrogen) atoms. The van der Waals surface area contributed by atoms with Gasteiger partial charge in [-0.3, -0.25) is 9.59 Å². The molecular weight excluding hydrogens is 320 g/mol. The molecule has 1 N–H and O–H groups in total. The van der Waals surface area contributed by atoms with Crippen LogP contribution in [0.1, 0.15) is 13.8 Å². The summed E-state index contributed by atoms with van der Waals surface area (Å²) < 4.78 is -0.444. The lowest BCUT2D eigenvalue weighted by Crippen LogP contribution is -2.60. The van der Waals surface area contributed by atoms with E-state index in [0.717, 1.165) is 18.2 Å². The Kier molecular flexibility index (Phi) is 4.31. The predicted octanol–water partition coefficient (Wildman–Crippen LogP) is 0.802. The molecule has 2 fully saturated rings. The van der Waals surface area contributed by atoms with Crippen molar-refractivity contribution < 1.29 is 9.59 Å². The highest BCUT2D eigenvalue weighted by atomic mass is 32.2. The van der Waals surface area contributed by atoms with Gasteiger partial charge in [0.25, 0.3) is 0 Å². The van der Waals surface area contributed by atoms with Crippen molar-refractivity contribution >= 4 is 40.0 Å². The first kappa shape index (κ1) is 15.6. The number of thiazole rings is 1. The van der Waals surface area contributed by atoms with Gasteiger partial charge in [-0.05, 0) is 13.8 Å². The van der Waals surface area contributed by atoms with Crippen LogP contribution >= 0.6 is 23.1 Å². The first-order valence-electron chi connectivity index (χ1n) is 7.35. The Labute approximate surface area is 138 Å². The quantitative estimate of drug-likeness (QED) is 0.863. The van der Waals surface area contributed by atoms with Crippen LogP contribution in [0.15, 0.2) is 11.6 Å². The number of anilines is 1. The highest BCUT2D eigenvalue weighted by molar-refractivity contribution is 8.01. The van der Waals surface area contributed by atoms with Gasteiger partial charge in [0.05, 0.1) is 4.75 Å². The van der Waals surface area contributed by atoms with Crippen LogP contribution in [0.25, 0.3) is 0 Å². The van der Waals surface area contributed by atoms with Crippen molar-refractivity contribution in [3.8, 4) is 0 Å². The van der Waals surface area contributed by atoms with Crippen molar-refractivity contribution in [3.05, 3.63) is 11.6 Å². The normalized spacial score (nSPS) is 25.0. The zero-order chi connectivity index (χ0) is 15.7. The summed E-state index contributed by atoms with van der Waals surface area (Å²) in [6.45, 7) is 6.72. The van der Waals surface area contributed by atoms with Crippen LogP contribution in [0, 0.1) is 0 Å². The average molecular weight is 340 g/mol. The number of carbonyl (C=O) groups is 2. The number of hydrogen-bond acceptors (Lipinski definition) is 6. The van der Waals surface area contributed by atoms with E-state index in [2.05, 4.69) is 15.2 Å². The second kappa shape index (κ2) is 6.08. The second-order valence-electron chi connectivity index (χ2n) is 5.97. The Morgan fingerprint density at radius 2 is 2.09 bits per heavy atom. The molecule has 1 aromatic rings. The van der Waals surface area contributed by atoms with Crippen molar-refractivity contribution in [1.82, 2.24) is 15.2 Å². The summed E-state index contributed by atoms with van der Waals surface area (Å²) in [6, 6.07) is -0.392. The number of carbonyl (C=O) groups excluding carboxylic acids is 2. The molecule has 1 aromatic heterocycles. The molecule has 0 spiro atoms. The molecule has 2 amide bonds. The van der Waals surface area contributed by atoms with E-state index >= 15 is 0 Å². The Morgan fingerprint density at radius 1 is 1.36 bits per heavy atom. The van der Waals surface area contributed by atoms with E-state index in [4.69, 9.17) is 0 Å². The van der Waals surface area contributed by atoms with Crippen LogP contribution < -0.4 is 10.2 Å². The summed E-state index contributed by atoms with van der Waals surface area (Å²) in [7, 11) is 0. The monoisotopic (exact) mass is 340 g/mol. The van der Waals surface area contributed by atoms with E-state index < -0.39 is 10.8 Å². The summed E-state index contributed by atoms with van der Waals surface area (Å²) in [5.41, 5.74) is 0. The summed E-state index contributed by atoms with van der Waals surface area (Å²) in [4.78, 5) is 32.9. The van der Waals surface area contributed by atoms with Gasteiger partial charge in [0.2, 0.25) is 11.8 Å². The van der Waals surface area contributed by atoms with Crippen LogP contribution in [0.4, 0.5) is 5.13 Å². The van der Waals surface area contributed by atoms with Gasteiger partial charge in [-0.15, -0.1) is 23.1 Å². The molecule has 0 aliphatic carbocycles. The van der Waals surface area contributed by atoms with Gasteiger partial charge in [0.15, 0.2) is 5.13 Å². The van der Waals surface area contributed by atoms with Gasteiger partial charge in [-0.2, -0.15) is 0 Å². The Hall–Kier alpha value is -1.28. The maximum Gasteiger partial charge on any atom is 0.246 e. The third-order valence-electron chi connectivity index (χ3n) is 4.04. The van der Waals surface area contributed by atoms with Crippen molar-refractivity contribution in [3.63, 3.8) is 0 Å². The molecule has 0 radical (unpaired) electrons. The first-order chi connectivity index (χ1) is 10.5. The minimum atomic E-state index is -0.444. The molecule has 1 atom stereocenters. The van der Waals surface area contributed by atoms with Crippen LogP contribution in [0.5, 0.6) is 0 Å². The maximum absolute atomic E-state index is 12.6. The van der Waals surface area contributed by atoms with E-state index in [1.165, 1.54) is 0 Å². The lowest BCUT2D eigenvalue weighted by molar-refractivity contribution is -0.136. The third-order valence-corrected chi connectivity index (χ3v) is 6.28. The number of nitrogens with zero attached hydrogens (tertiary/aromatic N) is 3. The van der Waals surface area contributed by atoms with Gasteiger partial charge in [-0.25, -0.2) is 4.98 Å². The zero-order valence-corrected chi connectivity index (χ0v) is 14.4. The van der Waals surface area contributed by atoms with Gasteiger partial charge in [0, 0.05) is 43.5 Å². The SMILES string of the molecule is CC1(C)SCC(C(=O)N2CCN(c3nccs3)CC2)NC1=O. The Bertz CT molecular complexity index is 553. The van der Waals surface area contributed by atoms with Crippen molar-refractivity contribution in [2.24, 2.45) is 0 Å². The first-order valence-corrected chi connectivity index (χ1v) is 9.22. The fraction of sp³-hybridized carbons (Fsp3) is 0.643. The van der Waals surface area contributed by atoms with E-state index in [-0.39, 0.29) is 11.8 Å². The summed E-state index contributed by atoms with van der Waals surface area (Å²) in [6.07, 6.45) is 1.80. The lowest BCUT2D eigenvalue weighted by Gasteiger charge is -2.39. The molecule has 6 nitrogen and oxygen atoms in total. The molecule has 0 saturated carbocycles. The third kappa shape index (κ3) is 3.08. The molecule has 120 valence electrons. The Morgan fingerprint density at radius 3 is 2.68 bits per heavy atom. The number of hydrogen-bond donors (Lipinski definition) is 1. The van der Waals surface area contributed by atoms with Crippen LogP contribution in [-0.4, -0.2) is 64.4 Å². The molecule has 3 rings (SSSR count). The van der Waals surface area contributed by atoms with Crippen molar-refractivity contribution in [1.29, 1.82) is 0 Å². The molecule has 0 bridgehead atoms. The summed E-state index contributed by atoms with van der Waals surface area (Å²) in [5.74, 6) is 0.628. The summed E-state index contributed by atoms with van der Waals surface area (Å²) >= 11 is 3.17. The second-order valence-corrected chi connectivity index (χ2v) is 8.49. The predicted molar refractivity (Wildman–Crippen MR) is 89.4 cm³/mol. The van der Waals surface area contributed by atoms with E-state index in [1.807, 2.05) is 24.1 Å². The molecule has 3 heterocycles. The largest absolute Gasteiger partial charge is 0.345 e. The molecular formula is C14H20N4O2S2. The fourth-order valence-electron chi connectivity index (χ4n) is 2.57. The molecule has 2 saturated heterocycles. The van der Waals surface area contributed by atoms with Gasteiger partial charge < -0.3 is 15.1 Å². The number of piperazine rings is 1. The standard InChI is InChI=1S/C14H20N4O2S2/c1-14(2)12(20)16-10(9-22-14)11(19)17-4-6-18(7-5-17)13-15-3-8-21-13/h3,8,10H,4-7,9H2,1-2H3,(H,16,20). The molecule has 0 aromatic carbocycles. The van der Waals surface area contributed by atoms with Gasteiger partial charge in [0.1, 0.15) is 6.04 Å². The highest BCUT2D eigenvalue weighted by Gasteiger charge is 2.39. The van der Waals surface area contributed by atoms with E-state index in [9.17, 15) is 9.59 Å². The van der Waals surface area contributed by atoms with Crippen molar-refractivity contribution in [2.45, 2.75) is 24.6 Å². The topological polar surface area (TPSA) is 65.5 Å². The van der Waals surface area contributed by atoms with Gasteiger partial charge in [-0.1, -0.05) is 0 Å². The number of rotatable bonds is 2. The molecule has 8 heteroatoms. The fourth-order valence-corrected chi connectivity index (χ4v) is 4.27. The lowest BCUT2D eigenvalue weighted by atomic mass is 10.1. The zero-order valence-electron chi connectivity index (χ0n) is 12.7. The molecule has 1 unspecified atom stereocenters. The van der Waals surface area contributed by atoms with Crippen LogP contribution in [0.3, 0.4) is 0 Å². The van der Waals surface area contributed by atoms with E-state index in [1.54, 1.807) is 29.3 Å².